The normalized spacial score (nSPS) is 10.9. The van der Waals surface area contributed by atoms with Crippen LogP contribution in [0.5, 0.6) is 11.5 Å². The molecule has 0 aliphatic heterocycles. The molecule has 6 nitrogen and oxygen atoms in total. The number of hydrogen-bond acceptors (Lipinski definition) is 4. The predicted octanol–water partition coefficient (Wildman–Crippen LogP) is 6.73. The molecule has 0 radical (unpaired) electrons. The Morgan fingerprint density at radius 3 is 1.31 bits per heavy atom. The Morgan fingerprint density at radius 1 is 0.656 bits per heavy atom. The molecule has 0 bridgehead atoms. The minimum atomic E-state index is -1.23. The number of halogens is 4. The molecule has 0 unspecified atom stereocenters. The second kappa shape index (κ2) is 9.94. The van der Waals surface area contributed by atoms with Crippen molar-refractivity contribution in [2.24, 2.45) is 0 Å². The number of benzene rings is 3. The van der Waals surface area contributed by atoms with E-state index in [9.17, 15) is 30.0 Å². The van der Waals surface area contributed by atoms with Crippen LogP contribution in [0, 0.1) is 0 Å². The largest absolute Gasteiger partial charge is 0.506 e. The highest BCUT2D eigenvalue weighted by Crippen LogP contribution is 2.37. The Hall–Kier alpha value is -1.88. The number of rotatable bonds is 6. The molecule has 0 saturated carbocycles. The first kappa shape index (κ1) is 24.8. The molecular weight excluding hydrogens is 680 g/mol. The zero-order chi connectivity index (χ0) is 23.7. The van der Waals surface area contributed by atoms with Crippen LogP contribution >= 0.6 is 63.7 Å². The van der Waals surface area contributed by atoms with Gasteiger partial charge in [0.15, 0.2) is 0 Å². The van der Waals surface area contributed by atoms with Gasteiger partial charge in [-0.05, 0) is 79.4 Å². The van der Waals surface area contributed by atoms with Crippen LogP contribution < -0.4 is 0 Å². The maximum Gasteiger partial charge on any atom is 0.335 e. The molecule has 0 amide bonds. The summed E-state index contributed by atoms with van der Waals surface area (Å²) >= 11 is 13.2. The van der Waals surface area contributed by atoms with Crippen LogP contribution in [0.2, 0.25) is 0 Å². The number of aromatic carboxylic acids is 2. The van der Waals surface area contributed by atoms with Crippen molar-refractivity contribution in [3.05, 3.63) is 87.7 Å². The predicted molar refractivity (Wildman–Crippen MR) is 133 cm³/mol. The summed E-state index contributed by atoms with van der Waals surface area (Å²) < 4.78 is 2.11. The standard InChI is InChI=1S/C22H14Br4O6/c23-11-3-9(19(27)17(25)7-11)5-15-13(21(29)30)1-2-14(22(31)32)16(15)6-10-4-12(24)8-18(26)20(10)28/h1-4,7-8,27-28H,5-6H2,(H,29,30)(H,31,32). The topological polar surface area (TPSA) is 115 Å². The SMILES string of the molecule is O=C(O)c1ccc(C(=O)O)c(Cc2cc(Br)cc(Br)c2O)c1Cc1cc(Br)cc(Br)c1O. The smallest absolute Gasteiger partial charge is 0.335 e. The fourth-order valence-electron chi connectivity index (χ4n) is 3.39. The van der Waals surface area contributed by atoms with Gasteiger partial charge in [-0.2, -0.15) is 0 Å². The van der Waals surface area contributed by atoms with E-state index in [0.717, 1.165) is 0 Å². The van der Waals surface area contributed by atoms with Crippen molar-refractivity contribution in [2.45, 2.75) is 12.8 Å². The summed E-state index contributed by atoms with van der Waals surface area (Å²) in [5.41, 5.74) is 1.08. The number of carboxylic acids is 2. The van der Waals surface area contributed by atoms with E-state index in [-0.39, 0.29) is 46.6 Å². The molecule has 0 aromatic heterocycles. The lowest BCUT2D eigenvalue weighted by Crippen LogP contribution is -2.13. The van der Waals surface area contributed by atoms with Crippen LogP contribution in [0.4, 0.5) is 0 Å². The molecule has 0 spiro atoms. The van der Waals surface area contributed by atoms with Crippen LogP contribution in [0.25, 0.3) is 0 Å². The zero-order valence-corrected chi connectivity index (χ0v) is 22.3. The summed E-state index contributed by atoms with van der Waals surface area (Å²) in [5.74, 6) is -2.62. The fraction of sp³-hybridized carbons (Fsp3) is 0.0909. The van der Waals surface area contributed by atoms with Gasteiger partial charge in [0.1, 0.15) is 11.5 Å². The van der Waals surface area contributed by atoms with Crippen molar-refractivity contribution in [2.75, 3.05) is 0 Å². The molecule has 0 aliphatic carbocycles. The molecule has 0 heterocycles. The van der Waals surface area contributed by atoms with Crippen molar-refractivity contribution >= 4 is 75.7 Å². The van der Waals surface area contributed by atoms with E-state index in [1.165, 1.54) is 12.1 Å². The maximum atomic E-state index is 12.0. The number of hydrogen-bond donors (Lipinski definition) is 4. The molecule has 0 aliphatic rings. The summed E-state index contributed by atoms with van der Waals surface area (Å²) in [5, 5.41) is 40.6. The third-order valence-corrected chi connectivity index (χ3v) is 6.97. The number of carboxylic acid groups (broad SMARTS) is 2. The lowest BCUT2D eigenvalue weighted by Gasteiger charge is -2.18. The Labute approximate surface area is 216 Å². The fourth-order valence-corrected chi connectivity index (χ4v) is 6.01. The first-order valence-corrected chi connectivity index (χ1v) is 12.1. The average Bonchev–Trinajstić information content (AvgIpc) is 2.69. The van der Waals surface area contributed by atoms with Gasteiger partial charge >= 0.3 is 11.9 Å². The lowest BCUT2D eigenvalue weighted by atomic mass is 9.87. The first-order chi connectivity index (χ1) is 15.0. The monoisotopic (exact) mass is 690 g/mol. The van der Waals surface area contributed by atoms with E-state index in [1.807, 2.05) is 0 Å². The Kier molecular flexibility index (Phi) is 7.69. The second-order valence-corrected chi connectivity index (χ2v) is 10.4. The van der Waals surface area contributed by atoms with E-state index >= 15 is 0 Å². The quantitative estimate of drug-likeness (QED) is 0.228. The summed E-state index contributed by atoms with van der Waals surface area (Å²) in [6, 6.07) is 9.04. The van der Waals surface area contributed by atoms with Gasteiger partial charge in [0, 0.05) is 32.9 Å². The molecule has 3 aromatic carbocycles. The molecule has 0 atom stereocenters. The summed E-state index contributed by atoms with van der Waals surface area (Å²) in [4.78, 5) is 24.0. The average molecular weight is 694 g/mol. The molecule has 3 rings (SSSR count). The molecule has 10 heteroatoms. The first-order valence-electron chi connectivity index (χ1n) is 8.94. The molecule has 3 aromatic rings. The van der Waals surface area contributed by atoms with Crippen molar-refractivity contribution in [1.29, 1.82) is 0 Å². The third kappa shape index (κ3) is 5.19. The van der Waals surface area contributed by atoms with Crippen molar-refractivity contribution in [3.8, 4) is 11.5 Å². The Morgan fingerprint density at radius 2 is 1.00 bits per heavy atom. The highest BCUT2D eigenvalue weighted by molar-refractivity contribution is 9.11. The summed E-state index contributed by atoms with van der Waals surface area (Å²) in [7, 11) is 0. The Bertz CT molecular complexity index is 1160. The van der Waals surface area contributed by atoms with Gasteiger partial charge in [0.05, 0.1) is 20.1 Å². The highest BCUT2D eigenvalue weighted by atomic mass is 79.9. The van der Waals surface area contributed by atoms with Gasteiger partial charge in [-0.1, -0.05) is 31.9 Å². The molecule has 166 valence electrons. The van der Waals surface area contributed by atoms with Crippen LogP contribution in [0.15, 0.2) is 54.3 Å². The lowest BCUT2D eigenvalue weighted by molar-refractivity contribution is 0.0679. The van der Waals surface area contributed by atoms with Crippen LogP contribution in [0.1, 0.15) is 43.0 Å². The third-order valence-electron chi connectivity index (χ3n) is 4.84. The second-order valence-electron chi connectivity index (χ2n) is 6.87. The molecule has 0 saturated heterocycles. The number of aromatic hydroxyl groups is 2. The minimum Gasteiger partial charge on any atom is -0.506 e. The van der Waals surface area contributed by atoms with Gasteiger partial charge in [-0.3, -0.25) is 0 Å². The van der Waals surface area contributed by atoms with Crippen LogP contribution in [-0.2, 0) is 12.8 Å². The number of carbonyl (C=O) groups is 2. The molecule has 4 N–H and O–H groups in total. The van der Waals surface area contributed by atoms with E-state index in [2.05, 4.69) is 63.7 Å². The van der Waals surface area contributed by atoms with Gasteiger partial charge in [0.25, 0.3) is 0 Å². The summed E-state index contributed by atoms with van der Waals surface area (Å²) in [6.07, 6.45) is -0.0875. The molecule has 0 fully saturated rings. The van der Waals surface area contributed by atoms with Gasteiger partial charge in [-0.15, -0.1) is 0 Å². The van der Waals surface area contributed by atoms with E-state index < -0.39 is 11.9 Å². The maximum absolute atomic E-state index is 12.0. The highest BCUT2D eigenvalue weighted by Gasteiger charge is 2.24. The van der Waals surface area contributed by atoms with Gasteiger partial charge < -0.3 is 20.4 Å². The van der Waals surface area contributed by atoms with Gasteiger partial charge in [-0.25, -0.2) is 9.59 Å². The van der Waals surface area contributed by atoms with E-state index in [4.69, 9.17) is 0 Å². The summed E-state index contributed by atoms with van der Waals surface area (Å²) in [6.45, 7) is 0. The van der Waals surface area contributed by atoms with Crippen LogP contribution in [0.3, 0.4) is 0 Å². The minimum absolute atomic E-state index is 0.0438. The van der Waals surface area contributed by atoms with E-state index in [0.29, 0.717) is 29.0 Å². The van der Waals surface area contributed by atoms with Crippen molar-refractivity contribution in [1.82, 2.24) is 0 Å². The van der Waals surface area contributed by atoms with Crippen molar-refractivity contribution in [3.63, 3.8) is 0 Å². The molecule has 32 heavy (non-hydrogen) atoms. The molecular formula is C22H14Br4O6. The Balaban J connectivity index is 2.29. The van der Waals surface area contributed by atoms with Crippen LogP contribution in [-0.4, -0.2) is 32.4 Å². The number of phenols is 2. The van der Waals surface area contributed by atoms with Crippen molar-refractivity contribution < 1.29 is 30.0 Å². The van der Waals surface area contributed by atoms with E-state index in [1.54, 1.807) is 24.3 Å². The van der Waals surface area contributed by atoms with Gasteiger partial charge in [0.2, 0.25) is 0 Å². The zero-order valence-electron chi connectivity index (χ0n) is 16.0. The number of phenolic OH excluding ortho intramolecular Hbond substituents is 2.